The molecule has 0 aliphatic rings. The molecule has 0 unspecified atom stereocenters. The van der Waals surface area contributed by atoms with Gasteiger partial charge in [-0.25, -0.2) is 4.79 Å². The van der Waals surface area contributed by atoms with E-state index in [9.17, 15) is 4.79 Å². The van der Waals surface area contributed by atoms with E-state index < -0.39 is 0 Å². The third-order valence-electron chi connectivity index (χ3n) is 3.58. The van der Waals surface area contributed by atoms with Crippen LogP contribution < -0.4 is 4.74 Å². The summed E-state index contributed by atoms with van der Waals surface area (Å²) in [5.41, 5.74) is 4.26. The van der Waals surface area contributed by atoms with Crippen molar-refractivity contribution in [1.29, 1.82) is 0 Å². The Hall–Kier alpha value is -3.07. The van der Waals surface area contributed by atoms with Crippen molar-refractivity contribution in [1.82, 2.24) is 0 Å². The fourth-order valence-corrected chi connectivity index (χ4v) is 2.01. The summed E-state index contributed by atoms with van der Waals surface area (Å²) in [5, 5.41) is 0. The molecule has 0 bridgehead atoms. The molecule has 0 radical (unpaired) electrons. The van der Waals surface area contributed by atoms with Gasteiger partial charge in [0.05, 0.1) is 0 Å². The lowest BCUT2D eigenvalue weighted by atomic mass is 10.0. The second-order valence-corrected chi connectivity index (χ2v) is 5.88. The molecule has 2 rings (SSSR count). The monoisotopic (exact) mass is 334 g/mol. The van der Waals surface area contributed by atoms with Crippen LogP contribution in [0.15, 0.2) is 85.2 Å². The molecule has 0 N–H and O–H groups in total. The molecule has 0 atom stereocenters. The molecule has 0 aliphatic carbocycles. The summed E-state index contributed by atoms with van der Waals surface area (Å²) in [6.45, 7) is 14.9. The fourth-order valence-electron chi connectivity index (χ4n) is 2.01. The number of hydrogen-bond donors (Lipinski definition) is 0. The smallest absolute Gasteiger partial charge is 0.333 e. The molecule has 2 aromatic carbocycles. The lowest BCUT2D eigenvalue weighted by Crippen LogP contribution is -2.04. The summed E-state index contributed by atoms with van der Waals surface area (Å²) in [4.78, 5) is 11.4. The summed E-state index contributed by atoms with van der Waals surface area (Å²) in [6.07, 6.45) is 0. The zero-order valence-electron chi connectivity index (χ0n) is 14.7. The number of carbonyl (C=O) groups is 1. The van der Waals surface area contributed by atoms with Crippen molar-refractivity contribution in [3.63, 3.8) is 0 Å². The first kappa shape index (κ1) is 18.3. The van der Waals surface area contributed by atoms with Crippen LogP contribution in [0.4, 0.5) is 0 Å². The SMILES string of the molecule is C=C(C)C(=C)Oc1ccc(-c2ccc(COC(=O)C(=C)C)cc2)cc1. The Morgan fingerprint density at radius 1 is 0.840 bits per heavy atom. The summed E-state index contributed by atoms with van der Waals surface area (Å²) in [7, 11) is 0. The Morgan fingerprint density at radius 2 is 1.36 bits per heavy atom. The molecule has 3 nitrogen and oxygen atoms in total. The number of carbonyl (C=O) groups excluding carboxylic acids is 1. The zero-order valence-corrected chi connectivity index (χ0v) is 14.7. The van der Waals surface area contributed by atoms with Crippen LogP contribution in [0.5, 0.6) is 5.75 Å². The minimum absolute atomic E-state index is 0.238. The van der Waals surface area contributed by atoms with Crippen LogP contribution in [-0.4, -0.2) is 5.97 Å². The third-order valence-corrected chi connectivity index (χ3v) is 3.58. The Kier molecular flexibility index (Phi) is 5.96. The summed E-state index contributed by atoms with van der Waals surface area (Å²) in [5.74, 6) is 0.900. The first-order valence-electron chi connectivity index (χ1n) is 7.91. The van der Waals surface area contributed by atoms with Crippen LogP contribution in [-0.2, 0) is 16.1 Å². The second-order valence-electron chi connectivity index (χ2n) is 5.88. The molecule has 128 valence electrons. The van der Waals surface area contributed by atoms with Gasteiger partial charge in [-0.15, -0.1) is 0 Å². The van der Waals surface area contributed by atoms with Crippen molar-refractivity contribution in [2.24, 2.45) is 0 Å². The number of rotatable bonds is 7. The normalized spacial score (nSPS) is 10.0. The highest BCUT2D eigenvalue weighted by Gasteiger charge is 2.05. The molecule has 3 heteroatoms. The van der Waals surface area contributed by atoms with E-state index in [1.54, 1.807) is 6.92 Å². The average Bonchev–Trinajstić information content (AvgIpc) is 2.60. The van der Waals surface area contributed by atoms with Crippen LogP contribution in [0, 0.1) is 0 Å². The van der Waals surface area contributed by atoms with E-state index in [0.717, 1.165) is 28.0 Å². The molecule has 0 heterocycles. The number of ether oxygens (including phenoxy) is 2. The van der Waals surface area contributed by atoms with Gasteiger partial charge in [0, 0.05) is 5.57 Å². The van der Waals surface area contributed by atoms with Crippen LogP contribution in [0.1, 0.15) is 19.4 Å². The van der Waals surface area contributed by atoms with Crippen molar-refractivity contribution in [2.75, 3.05) is 0 Å². The van der Waals surface area contributed by atoms with Crippen molar-refractivity contribution in [3.8, 4) is 16.9 Å². The third kappa shape index (κ3) is 5.21. The van der Waals surface area contributed by atoms with E-state index >= 15 is 0 Å². The molecule has 2 aromatic rings. The molecule has 0 aromatic heterocycles. The van der Waals surface area contributed by atoms with Crippen molar-refractivity contribution < 1.29 is 14.3 Å². The van der Waals surface area contributed by atoms with Crippen LogP contribution in [0.3, 0.4) is 0 Å². The summed E-state index contributed by atoms with van der Waals surface area (Å²) >= 11 is 0. The van der Waals surface area contributed by atoms with Gasteiger partial charge >= 0.3 is 5.97 Å². The summed E-state index contributed by atoms with van der Waals surface area (Å²) in [6, 6.07) is 15.6. The first-order chi connectivity index (χ1) is 11.9. The van der Waals surface area contributed by atoms with E-state index in [4.69, 9.17) is 9.47 Å². The average molecular weight is 334 g/mol. The second kappa shape index (κ2) is 8.15. The van der Waals surface area contributed by atoms with Crippen molar-refractivity contribution in [3.05, 3.63) is 90.7 Å². The van der Waals surface area contributed by atoms with Crippen LogP contribution >= 0.6 is 0 Å². The topological polar surface area (TPSA) is 35.5 Å². The Morgan fingerprint density at radius 3 is 1.84 bits per heavy atom. The maximum atomic E-state index is 11.4. The van der Waals surface area contributed by atoms with Gasteiger partial charge in [0.2, 0.25) is 0 Å². The predicted molar refractivity (Wildman–Crippen MR) is 101 cm³/mol. The van der Waals surface area contributed by atoms with Gasteiger partial charge in [0.15, 0.2) is 0 Å². The highest BCUT2D eigenvalue weighted by atomic mass is 16.5. The molecule has 0 aliphatic heterocycles. The molecule has 0 spiro atoms. The van der Waals surface area contributed by atoms with Gasteiger partial charge in [-0.1, -0.05) is 56.1 Å². The van der Waals surface area contributed by atoms with Gasteiger partial charge in [-0.05, 0) is 48.2 Å². The van der Waals surface area contributed by atoms with Crippen LogP contribution in [0.2, 0.25) is 0 Å². The molecular formula is C22H22O3. The van der Waals surface area contributed by atoms with Crippen molar-refractivity contribution in [2.45, 2.75) is 20.5 Å². The molecule has 0 saturated heterocycles. The highest BCUT2D eigenvalue weighted by molar-refractivity contribution is 5.86. The largest absolute Gasteiger partial charge is 0.458 e. The maximum Gasteiger partial charge on any atom is 0.333 e. The maximum absolute atomic E-state index is 11.4. The number of hydrogen-bond acceptors (Lipinski definition) is 3. The Balaban J connectivity index is 2.02. The van der Waals surface area contributed by atoms with Gasteiger partial charge in [-0.3, -0.25) is 0 Å². The molecule has 0 saturated carbocycles. The van der Waals surface area contributed by atoms with E-state index in [1.807, 2.05) is 55.5 Å². The number of allylic oxidation sites excluding steroid dienone is 1. The molecular weight excluding hydrogens is 312 g/mol. The lowest BCUT2D eigenvalue weighted by molar-refractivity contribution is -0.140. The first-order valence-corrected chi connectivity index (χ1v) is 7.91. The standard InChI is InChI=1S/C22H22O3/c1-15(2)17(5)25-21-12-10-20(11-13-21)19-8-6-18(7-9-19)14-24-22(23)16(3)4/h6-13H,1,3,5,14H2,2,4H3. The quantitative estimate of drug-likeness (QED) is 0.293. The van der Waals surface area contributed by atoms with Gasteiger partial charge in [-0.2, -0.15) is 0 Å². The molecule has 25 heavy (non-hydrogen) atoms. The molecule has 0 amide bonds. The zero-order chi connectivity index (χ0) is 18.4. The van der Waals surface area contributed by atoms with E-state index in [-0.39, 0.29) is 12.6 Å². The van der Waals surface area contributed by atoms with E-state index in [0.29, 0.717) is 11.3 Å². The fraction of sp³-hybridized carbons (Fsp3) is 0.136. The van der Waals surface area contributed by atoms with Crippen molar-refractivity contribution >= 4 is 5.97 Å². The highest BCUT2D eigenvalue weighted by Crippen LogP contribution is 2.24. The minimum Gasteiger partial charge on any atom is -0.458 e. The Labute approximate surface area is 148 Å². The number of esters is 1. The summed E-state index contributed by atoms with van der Waals surface area (Å²) < 4.78 is 10.7. The molecule has 0 fully saturated rings. The lowest BCUT2D eigenvalue weighted by Gasteiger charge is -2.09. The Bertz CT molecular complexity index is 796. The van der Waals surface area contributed by atoms with Gasteiger partial charge in [0.25, 0.3) is 0 Å². The van der Waals surface area contributed by atoms with Crippen LogP contribution in [0.25, 0.3) is 11.1 Å². The van der Waals surface area contributed by atoms with Gasteiger partial charge in [0.1, 0.15) is 18.1 Å². The van der Waals surface area contributed by atoms with E-state index in [1.165, 1.54) is 0 Å². The van der Waals surface area contributed by atoms with Gasteiger partial charge < -0.3 is 9.47 Å². The minimum atomic E-state index is -0.379. The van der Waals surface area contributed by atoms with E-state index in [2.05, 4.69) is 19.7 Å². The predicted octanol–water partition coefficient (Wildman–Crippen LogP) is 5.44. The number of benzene rings is 2.